The third-order valence-corrected chi connectivity index (χ3v) is 7.40. The van der Waals surface area contributed by atoms with Crippen molar-refractivity contribution in [2.75, 3.05) is 19.0 Å². The van der Waals surface area contributed by atoms with Gasteiger partial charge in [0.25, 0.3) is 5.91 Å². The average Bonchev–Trinajstić information content (AvgIpc) is 2.65. The van der Waals surface area contributed by atoms with Crippen LogP contribution in [0.3, 0.4) is 0 Å². The molecule has 1 N–H and O–H groups in total. The number of morpholine rings is 1. The molecule has 1 saturated heterocycles. The molecule has 4 unspecified atom stereocenters. The van der Waals surface area contributed by atoms with Crippen LogP contribution >= 0.6 is 11.6 Å². The van der Waals surface area contributed by atoms with Gasteiger partial charge >= 0.3 is 0 Å². The summed E-state index contributed by atoms with van der Waals surface area (Å²) < 4.78 is 18.4. The van der Waals surface area contributed by atoms with Crippen LogP contribution in [0.25, 0.3) is 0 Å². The van der Waals surface area contributed by atoms with Crippen molar-refractivity contribution in [1.82, 2.24) is 4.90 Å². The molecule has 1 aromatic rings. The van der Waals surface area contributed by atoms with Crippen LogP contribution in [0.15, 0.2) is 24.3 Å². The van der Waals surface area contributed by atoms with Gasteiger partial charge in [-0.05, 0) is 57.7 Å². The monoisotopic (exact) mass is 429 g/mol. The quantitative estimate of drug-likeness (QED) is 0.684. The Morgan fingerprint density at radius 3 is 2.50 bits per heavy atom. The van der Waals surface area contributed by atoms with Crippen LogP contribution < -0.4 is 0 Å². The number of rotatable bonds is 8. The lowest BCUT2D eigenvalue weighted by molar-refractivity contribution is -0.164. The van der Waals surface area contributed by atoms with Crippen LogP contribution in [0.1, 0.15) is 58.6 Å². The van der Waals surface area contributed by atoms with E-state index in [1.165, 1.54) is 0 Å². The maximum Gasteiger partial charge on any atom is 0.252 e. The Hall–Kier alpha value is -0.950. The molecule has 4 atom stereocenters. The number of benzene rings is 1. The molecule has 1 aliphatic rings. The van der Waals surface area contributed by atoms with Gasteiger partial charge in [-0.3, -0.25) is 9.00 Å². The maximum atomic E-state index is 13.3. The zero-order chi connectivity index (χ0) is 20.9. The van der Waals surface area contributed by atoms with Crippen molar-refractivity contribution >= 4 is 28.3 Å². The fraction of sp³-hybridized carbons (Fsp3) is 0.667. The highest BCUT2D eigenvalue weighted by Crippen LogP contribution is 2.33. The first-order valence-corrected chi connectivity index (χ1v) is 11.6. The summed E-state index contributed by atoms with van der Waals surface area (Å²) in [7, 11) is -1.07. The Morgan fingerprint density at radius 1 is 1.32 bits per heavy atom. The van der Waals surface area contributed by atoms with Crippen LogP contribution in [0.5, 0.6) is 0 Å². The molecule has 0 radical (unpaired) electrons. The Morgan fingerprint density at radius 2 is 1.96 bits per heavy atom. The molecule has 5 nitrogen and oxygen atoms in total. The molecule has 0 aromatic heterocycles. The molecule has 158 valence electrons. The van der Waals surface area contributed by atoms with Gasteiger partial charge in [-0.15, -0.1) is 0 Å². The lowest BCUT2D eigenvalue weighted by Gasteiger charge is -2.44. The fourth-order valence-electron chi connectivity index (χ4n) is 3.36. The van der Waals surface area contributed by atoms with Crippen molar-refractivity contribution in [2.45, 2.75) is 69.9 Å². The van der Waals surface area contributed by atoms with Gasteiger partial charge in [-0.1, -0.05) is 30.7 Å². The van der Waals surface area contributed by atoms with Gasteiger partial charge in [0.15, 0.2) is 0 Å². The Balaban J connectivity index is 2.34. The van der Waals surface area contributed by atoms with Gasteiger partial charge in [-0.25, -0.2) is 0 Å². The topological polar surface area (TPSA) is 66.8 Å². The summed E-state index contributed by atoms with van der Waals surface area (Å²) in [4.78, 5) is 15.2. The van der Waals surface area contributed by atoms with Crippen LogP contribution in [-0.4, -0.2) is 56.0 Å². The lowest BCUT2D eigenvalue weighted by atomic mass is 9.99. The third kappa shape index (κ3) is 5.78. The summed E-state index contributed by atoms with van der Waals surface area (Å²) >= 11 is 6.03. The molecule has 1 fully saturated rings. The Bertz CT molecular complexity index is 674. The molecular formula is C21H32ClNO4S. The fourth-order valence-corrected chi connectivity index (χ4v) is 4.73. The summed E-state index contributed by atoms with van der Waals surface area (Å²) in [5.74, 6) is 0.347. The van der Waals surface area contributed by atoms with E-state index in [1.54, 1.807) is 0 Å². The van der Waals surface area contributed by atoms with E-state index < -0.39 is 16.9 Å². The number of halogens is 1. The zero-order valence-electron chi connectivity index (χ0n) is 17.2. The summed E-state index contributed by atoms with van der Waals surface area (Å²) in [5.41, 5.74) is 0.957. The van der Waals surface area contributed by atoms with E-state index in [0.717, 1.165) is 5.56 Å². The molecule has 0 aliphatic carbocycles. The van der Waals surface area contributed by atoms with Gasteiger partial charge in [0, 0.05) is 39.0 Å². The minimum Gasteiger partial charge on any atom is -0.396 e. The van der Waals surface area contributed by atoms with E-state index in [2.05, 4.69) is 0 Å². The molecule has 1 aromatic carbocycles. The second-order valence-electron chi connectivity index (χ2n) is 8.19. The number of hydrogen-bond donors (Lipinski definition) is 1. The van der Waals surface area contributed by atoms with E-state index in [9.17, 15) is 9.00 Å². The van der Waals surface area contributed by atoms with Gasteiger partial charge in [-0.2, -0.15) is 0 Å². The SMILES string of the molecule is CCC(CS(=O)C(C)(C)C)N1C(=O)C(CCCO)OCC1c1ccc(Cl)cc1. The van der Waals surface area contributed by atoms with E-state index in [4.69, 9.17) is 21.4 Å². The smallest absolute Gasteiger partial charge is 0.252 e. The highest BCUT2D eigenvalue weighted by molar-refractivity contribution is 7.86. The van der Waals surface area contributed by atoms with Crippen LogP contribution in [0.2, 0.25) is 5.02 Å². The number of hydrogen-bond acceptors (Lipinski definition) is 4. The van der Waals surface area contributed by atoms with Crippen molar-refractivity contribution in [3.8, 4) is 0 Å². The highest BCUT2D eigenvalue weighted by Gasteiger charge is 2.41. The molecule has 2 rings (SSSR count). The minimum absolute atomic E-state index is 0.0268. The standard InChI is InChI=1S/C21H32ClNO4S/c1-5-17(14-28(26)21(2,3)4)23-18(15-8-10-16(22)11-9-15)13-27-19(20(23)25)7-6-12-24/h8-11,17-19,24H,5-7,12-14H2,1-4H3. The lowest BCUT2D eigenvalue weighted by Crippen LogP contribution is -2.55. The molecule has 0 saturated carbocycles. The summed E-state index contributed by atoms with van der Waals surface area (Å²) in [6.07, 6.45) is 1.15. The number of amides is 1. The number of ether oxygens (including phenoxy) is 1. The predicted molar refractivity (Wildman–Crippen MR) is 114 cm³/mol. The van der Waals surface area contributed by atoms with E-state index >= 15 is 0 Å². The molecule has 0 spiro atoms. The van der Waals surface area contributed by atoms with Crippen molar-refractivity contribution in [1.29, 1.82) is 0 Å². The Labute approximate surface area is 175 Å². The highest BCUT2D eigenvalue weighted by atomic mass is 35.5. The Kier molecular flexibility index (Phi) is 8.49. The number of aliphatic hydroxyl groups is 1. The summed E-state index contributed by atoms with van der Waals surface area (Å²) in [5, 5.41) is 9.77. The number of carbonyl (C=O) groups is 1. The third-order valence-electron chi connectivity index (χ3n) is 5.09. The van der Waals surface area contributed by atoms with Crippen molar-refractivity contribution in [3.63, 3.8) is 0 Å². The maximum absolute atomic E-state index is 13.3. The molecule has 1 aliphatic heterocycles. The summed E-state index contributed by atoms with van der Waals surface area (Å²) in [6.45, 7) is 8.29. The number of carbonyl (C=O) groups excluding carboxylic acids is 1. The van der Waals surface area contributed by atoms with Crippen LogP contribution in [0, 0.1) is 0 Å². The first-order chi connectivity index (χ1) is 13.2. The molecule has 1 amide bonds. The predicted octanol–water partition coefficient (Wildman–Crippen LogP) is 3.71. The van der Waals surface area contributed by atoms with E-state index in [1.807, 2.05) is 56.9 Å². The minimum atomic E-state index is -1.07. The van der Waals surface area contributed by atoms with Crippen molar-refractivity contribution in [2.24, 2.45) is 0 Å². The molecule has 28 heavy (non-hydrogen) atoms. The normalized spacial score (nSPS) is 22.9. The first-order valence-electron chi connectivity index (χ1n) is 9.87. The number of aliphatic hydroxyl groups excluding tert-OH is 1. The van der Waals surface area contributed by atoms with Gasteiger partial charge in [0.05, 0.1) is 12.6 Å². The zero-order valence-corrected chi connectivity index (χ0v) is 18.8. The van der Waals surface area contributed by atoms with Gasteiger partial charge in [0.2, 0.25) is 0 Å². The van der Waals surface area contributed by atoms with E-state index in [0.29, 0.717) is 36.6 Å². The van der Waals surface area contributed by atoms with Crippen molar-refractivity contribution < 1.29 is 18.8 Å². The largest absolute Gasteiger partial charge is 0.396 e. The van der Waals surface area contributed by atoms with E-state index in [-0.39, 0.29) is 29.3 Å². The second-order valence-corrected chi connectivity index (χ2v) is 10.9. The second kappa shape index (κ2) is 10.2. The van der Waals surface area contributed by atoms with Gasteiger partial charge < -0.3 is 14.7 Å². The molecular weight excluding hydrogens is 398 g/mol. The average molecular weight is 430 g/mol. The van der Waals surface area contributed by atoms with Crippen molar-refractivity contribution in [3.05, 3.63) is 34.9 Å². The molecule has 7 heteroatoms. The first kappa shape index (κ1) is 23.3. The number of nitrogens with zero attached hydrogens (tertiary/aromatic N) is 1. The molecule has 1 heterocycles. The summed E-state index contributed by atoms with van der Waals surface area (Å²) in [6, 6.07) is 7.07. The molecule has 0 bridgehead atoms. The van der Waals surface area contributed by atoms with Gasteiger partial charge in [0.1, 0.15) is 6.10 Å². The van der Waals surface area contributed by atoms with Crippen LogP contribution in [-0.2, 0) is 20.3 Å². The van der Waals surface area contributed by atoms with Crippen LogP contribution in [0.4, 0.5) is 0 Å².